The van der Waals surface area contributed by atoms with Crippen LogP contribution in [0.2, 0.25) is 0 Å². The highest BCUT2D eigenvalue weighted by atomic mass is 16.4. The van der Waals surface area contributed by atoms with Gasteiger partial charge < -0.3 is 15.9 Å². The number of benzene rings is 1. The second-order valence-corrected chi connectivity index (χ2v) is 4.02. The van der Waals surface area contributed by atoms with E-state index in [0.29, 0.717) is 6.42 Å². The zero-order valence-corrected chi connectivity index (χ0v) is 9.53. The van der Waals surface area contributed by atoms with E-state index < -0.39 is 5.97 Å². The summed E-state index contributed by atoms with van der Waals surface area (Å²) in [7, 11) is 0. The molecule has 0 saturated heterocycles. The molecule has 0 fully saturated rings. The van der Waals surface area contributed by atoms with Crippen LogP contribution in [0.3, 0.4) is 0 Å². The van der Waals surface area contributed by atoms with Gasteiger partial charge in [-0.05, 0) is 43.0 Å². The number of hydrogen-bond acceptors (Lipinski definition) is 3. The Bertz CT molecular complexity index is 378. The molecule has 0 saturated carbocycles. The van der Waals surface area contributed by atoms with Crippen LogP contribution in [0.15, 0.2) is 12.1 Å². The van der Waals surface area contributed by atoms with Gasteiger partial charge in [0.05, 0.1) is 0 Å². The summed E-state index contributed by atoms with van der Waals surface area (Å²) in [6.45, 7) is 3.72. The Labute approximate surface area is 94.7 Å². The number of carbonyl (C=O) groups is 1. The van der Waals surface area contributed by atoms with Gasteiger partial charge in [0.15, 0.2) is 0 Å². The molecule has 88 valence electrons. The average molecular weight is 223 g/mol. The van der Waals surface area contributed by atoms with Crippen molar-refractivity contribution in [1.29, 1.82) is 0 Å². The molecule has 4 heteroatoms. The van der Waals surface area contributed by atoms with Crippen LogP contribution in [-0.2, 0) is 4.79 Å². The molecular weight excluding hydrogens is 206 g/mol. The van der Waals surface area contributed by atoms with Gasteiger partial charge in [-0.25, -0.2) is 0 Å². The summed E-state index contributed by atoms with van der Waals surface area (Å²) in [5, 5.41) is 18.2. The van der Waals surface area contributed by atoms with Gasteiger partial charge in [0.2, 0.25) is 0 Å². The van der Waals surface area contributed by atoms with Crippen LogP contribution in [0.5, 0.6) is 5.75 Å². The highest BCUT2D eigenvalue weighted by Crippen LogP contribution is 2.26. The van der Waals surface area contributed by atoms with E-state index in [1.165, 1.54) is 0 Å². The van der Waals surface area contributed by atoms with Crippen LogP contribution in [0.1, 0.15) is 35.6 Å². The Morgan fingerprint density at radius 3 is 2.56 bits per heavy atom. The van der Waals surface area contributed by atoms with Gasteiger partial charge in [0, 0.05) is 12.5 Å². The number of nitrogens with two attached hydrogens (primary N) is 1. The zero-order chi connectivity index (χ0) is 12.3. The molecule has 16 heavy (non-hydrogen) atoms. The quantitative estimate of drug-likeness (QED) is 0.727. The SMILES string of the molecule is Cc1cc(C(N)CCC(=O)O)cc(O)c1C. The average Bonchev–Trinajstić information content (AvgIpc) is 2.21. The van der Waals surface area contributed by atoms with Crippen LogP contribution in [0.25, 0.3) is 0 Å². The number of phenolic OH excluding ortho intramolecular Hbond substituents is 1. The van der Waals surface area contributed by atoms with Crippen LogP contribution in [0.4, 0.5) is 0 Å². The smallest absolute Gasteiger partial charge is 0.303 e. The molecule has 0 radical (unpaired) electrons. The molecule has 4 N–H and O–H groups in total. The Morgan fingerprint density at radius 1 is 1.44 bits per heavy atom. The Hall–Kier alpha value is -1.55. The van der Waals surface area contributed by atoms with E-state index in [1.807, 2.05) is 19.9 Å². The minimum Gasteiger partial charge on any atom is -0.508 e. The minimum atomic E-state index is -0.858. The largest absolute Gasteiger partial charge is 0.508 e. The van der Waals surface area contributed by atoms with Crippen molar-refractivity contribution in [3.05, 3.63) is 28.8 Å². The molecule has 1 atom stereocenters. The third kappa shape index (κ3) is 2.97. The van der Waals surface area contributed by atoms with Crippen LogP contribution < -0.4 is 5.73 Å². The maximum Gasteiger partial charge on any atom is 0.303 e. The maximum atomic E-state index is 10.4. The van der Waals surface area contributed by atoms with Gasteiger partial charge in [-0.3, -0.25) is 4.79 Å². The van der Waals surface area contributed by atoms with Gasteiger partial charge in [-0.15, -0.1) is 0 Å². The van der Waals surface area contributed by atoms with Crippen molar-refractivity contribution in [3.8, 4) is 5.75 Å². The van der Waals surface area contributed by atoms with Crippen molar-refractivity contribution in [2.45, 2.75) is 32.7 Å². The summed E-state index contributed by atoms with van der Waals surface area (Å²) in [6, 6.07) is 3.15. The molecule has 1 aromatic carbocycles. The number of hydrogen-bond donors (Lipinski definition) is 3. The van der Waals surface area contributed by atoms with Gasteiger partial charge in [-0.1, -0.05) is 6.07 Å². The molecular formula is C12H17NO3. The summed E-state index contributed by atoms with van der Waals surface area (Å²) in [4.78, 5) is 10.4. The number of aryl methyl sites for hydroxylation is 1. The molecule has 1 unspecified atom stereocenters. The standard InChI is InChI=1S/C12H17NO3/c1-7-5-9(6-11(14)8(7)2)10(13)3-4-12(15)16/h5-6,10,14H,3-4,13H2,1-2H3,(H,15,16). The predicted molar refractivity (Wildman–Crippen MR) is 61.4 cm³/mol. The van der Waals surface area contributed by atoms with Crippen LogP contribution >= 0.6 is 0 Å². The number of carboxylic acids is 1. The number of rotatable bonds is 4. The summed E-state index contributed by atoms with van der Waals surface area (Å²) < 4.78 is 0. The zero-order valence-electron chi connectivity index (χ0n) is 9.53. The highest BCUT2D eigenvalue weighted by molar-refractivity contribution is 5.66. The minimum absolute atomic E-state index is 0.0366. The molecule has 0 aliphatic heterocycles. The lowest BCUT2D eigenvalue weighted by molar-refractivity contribution is -0.137. The first-order valence-electron chi connectivity index (χ1n) is 5.19. The number of aliphatic carboxylic acids is 1. The van der Waals surface area contributed by atoms with Gasteiger partial charge in [0.1, 0.15) is 5.75 Å². The third-order valence-corrected chi connectivity index (χ3v) is 2.76. The highest BCUT2D eigenvalue weighted by Gasteiger charge is 2.11. The van der Waals surface area contributed by atoms with Crippen molar-refractivity contribution in [2.24, 2.45) is 5.73 Å². The summed E-state index contributed by atoms with van der Waals surface area (Å²) >= 11 is 0. The monoisotopic (exact) mass is 223 g/mol. The van der Waals surface area contributed by atoms with E-state index >= 15 is 0 Å². The van der Waals surface area contributed by atoms with Gasteiger partial charge >= 0.3 is 5.97 Å². The second-order valence-electron chi connectivity index (χ2n) is 4.02. The molecule has 0 amide bonds. The summed E-state index contributed by atoms with van der Waals surface area (Å²) in [6.07, 6.45) is 0.409. The first-order valence-corrected chi connectivity index (χ1v) is 5.19. The van der Waals surface area contributed by atoms with Crippen molar-refractivity contribution in [1.82, 2.24) is 0 Å². The van der Waals surface area contributed by atoms with Gasteiger partial charge in [-0.2, -0.15) is 0 Å². The van der Waals surface area contributed by atoms with E-state index in [9.17, 15) is 9.90 Å². The molecule has 0 aliphatic rings. The lowest BCUT2D eigenvalue weighted by atomic mass is 9.98. The fourth-order valence-electron chi connectivity index (χ4n) is 1.53. The molecule has 1 aromatic rings. The van der Waals surface area contributed by atoms with E-state index in [4.69, 9.17) is 10.8 Å². The summed E-state index contributed by atoms with van der Waals surface area (Å²) in [5.74, 6) is -0.649. The van der Waals surface area contributed by atoms with Crippen molar-refractivity contribution >= 4 is 5.97 Å². The fraction of sp³-hybridized carbons (Fsp3) is 0.417. The third-order valence-electron chi connectivity index (χ3n) is 2.76. The van der Waals surface area contributed by atoms with E-state index in [1.54, 1.807) is 6.07 Å². The number of phenols is 1. The summed E-state index contributed by atoms with van der Waals surface area (Å²) in [5.41, 5.74) is 8.42. The maximum absolute atomic E-state index is 10.4. The first kappa shape index (κ1) is 12.5. The Morgan fingerprint density at radius 2 is 2.06 bits per heavy atom. The Balaban J connectivity index is 2.84. The predicted octanol–water partition coefficient (Wildman–Crippen LogP) is 1.87. The number of aromatic hydroxyl groups is 1. The van der Waals surface area contributed by atoms with Crippen molar-refractivity contribution < 1.29 is 15.0 Å². The van der Waals surface area contributed by atoms with E-state index in [-0.39, 0.29) is 18.2 Å². The van der Waals surface area contributed by atoms with Crippen LogP contribution in [0, 0.1) is 13.8 Å². The molecule has 0 aromatic heterocycles. The molecule has 0 heterocycles. The first-order chi connectivity index (χ1) is 7.41. The molecule has 1 rings (SSSR count). The topological polar surface area (TPSA) is 83.6 Å². The van der Waals surface area contributed by atoms with Crippen molar-refractivity contribution in [2.75, 3.05) is 0 Å². The Kier molecular flexibility index (Phi) is 3.90. The van der Waals surface area contributed by atoms with Crippen LogP contribution in [-0.4, -0.2) is 16.2 Å². The molecule has 0 spiro atoms. The lowest BCUT2D eigenvalue weighted by Gasteiger charge is -2.13. The number of carboxylic acid groups (broad SMARTS) is 1. The fourth-order valence-corrected chi connectivity index (χ4v) is 1.53. The lowest BCUT2D eigenvalue weighted by Crippen LogP contribution is -2.12. The molecule has 0 bridgehead atoms. The molecule has 0 aliphatic carbocycles. The van der Waals surface area contributed by atoms with E-state index in [2.05, 4.69) is 0 Å². The normalized spacial score (nSPS) is 12.4. The van der Waals surface area contributed by atoms with Crippen molar-refractivity contribution in [3.63, 3.8) is 0 Å². The van der Waals surface area contributed by atoms with Gasteiger partial charge in [0.25, 0.3) is 0 Å². The van der Waals surface area contributed by atoms with E-state index in [0.717, 1.165) is 16.7 Å². The second kappa shape index (κ2) is 4.99. The molecule has 4 nitrogen and oxygen atoms in total.